The summed E-state index contributed by atoms with van der Waals surface area (Å²) >= 11 is 10.4. The molecule has 0 unspecified atom stereocenters. The number of rotatable bonds is 2. The molecule has 0 aliphatic heterocycles. The second-order valence-corrected chi connectivity index (χ2v) is 4.81. The summed E-state index contributed by atoms with van der Waals surface area (Å²) in [7, 11) is 0. The van der Waals surface area contributed by atoms with Crippen LogP contribution in [0.4, 0.5) is 0 Å². The summed E-state index contributed by atoms with van der Waals surface area (Å²) in [5.41, 5.74) is 1.20. The predicted molar refractivity (Wildman–Crippen MR) is 64.7 cm³/mol. The molecular weight excluding hydrogens is 298 g/mol. The molecule has 1 aromatic carbocycles. The molecule has 0 saturated heterocycles. The molecule has 15 heavy (non-hydrogen) atoms. The highest BCUT2D eigenvalue weighted by atomic mass is 79.9. The van der Waals surface area contributed by atoms with Crippen molar-refractivity contribution in [2.24, 2.45) is 0 Å². The first-order valence-corrected chi connectivity index (χ1v) is 6.08. The van der Waals surface area contributed by atoms with Crippen LogP contribution < -0.4 is 0 Å². The monoisotopic (exact) mass is 301 g/mol. The zero-order valence-electron chi connectivity index (χ0n) is 7.41. The van der Waals surface area contributed by atoms with E-state index in [1.165, 1.54) is 11.5 Å². The molecular formula is C10H5BrClNOS. The summed E-state index contributed by atoms with van der Waals surface area (Å²) in [6.07, 6.45) is 1.56. The van der Waals surface area contributed by atoms with Gasteiger partial charge in [0.2, 0.25) is 0 Å². The molecule has 0 N–H and O–H groups in total. The summed E-state index contributed by atoms with van der Waals surface area (Å²) in [6.45, 7) is 0. The van der Waals surface area contributed by atoms with Gasteiger partial charge in [-0.25, -0.2) is 4.37 Å². The molecule has 2 rings (SSSR count). The largest absolute Gasteiger partial charge is 0.288 e. The molecule has 2 nitrogen and oxygen atoms in total. The van der Waals surface area contributed by atoms with E-state index in [9.17, 15) is 4.79 Å². The molecule has 0 radical (unpaired) electrons. The van der Waals surface area contributed by atoms with Crippen LogP contribution in [-0.2, 0) is 0 Å². The second-order valence-electron chi connectivity index (χ2n) is 2.87. The zero-order valence-corrected chi connectivity index (χ0v) is 10.6. The number of nitrogens with zero attached hydrogens (tertiary/aromatic N) is 1. The number of benzene rings is 1. The topological polar surface area (TPSA) is 30.0 Å². The van der Waals surface area contributed by atoms with Gasteiger partial charge >= 0.3 is 0 Å². The van der Waals surface area contributed by atoms with Gasteiger partial charge in [0.05, 0.1) is 11.8 Å². The van der Waals surface area contributed by atoms with Gasteiger partial charge in [-0.15, -0.1) is 0 Å². The van der Waals surface area contributed by atoms with Crippen LogP contribution in [0.3, 0.4) is 0 Å². The van der Waals surface area contributed by atoms with Crippen LogP contribution in [0.1, 0.15) is 15.9 Å². The highest BCUT2D eigenvalue weighted by Crippen LogP contribution is 2.24. The Labute approximate surface area is 104 Å². The quantitative estimate of drug-likeness (QED) is 0.790. The second kappa shape index (κ2) is 4.43. The Morgan fingerprint density at radius 3 is 2.87 bits per heavy atom. The molecule has 0 bridgehead atoms. The van der Waals surface area contributed by atoms with Crippen molar-refractivity contribution in [3.05, 3.63) is 50.4 Å². The minimum Gasteiger partial charge on any atom is -0.288 e. The molecule has 76 valence electrons. The Morgan fingerprint density at radius 1 is 1.47 bits per heavy atom. The molecule has 0 amide bonds. The summed E-state index contributed by atoms with van der Waals surface area (Å²) in [5, 5.41) is 2.32. The van der Waals surface area contributed by atoms with Crippen LogP contribution in [0.2, 0.25) is 5.02 Å². The summed E-state index contributed by atoms with van der Waals surface area (Å²) in [4.78, 5) is 11.9. The third-order valence-corrected chi connectivity index (χ3v) is 3.35. The highest BCUT2D eigenvalue weighted by molar-refractivity contribution is 9.10. The average molecular weight is 303 g/mol. The van der Waals surface area contributed by atoms with Crippen LogP contribution in [0.5, 0.6) is 0 Å². The van der Waals surface area contributed by atoms with E-state index >= 15 is 0 Å². The number of ketones is 1. The van der Waals surface area contributed by atoms with Crippen LogP contribution in [-0.4, -0.2) is 10.2 Å². The first-order valence-electron chi connectivity index (χ1n) is 4.07. The number of aromatic nitrogens is 1. The van der Waals surface area contributed by atoms with Gasteiger partial charge in [0.25, 0.3) is 0 Å². The fourth-order valence-corrected chi connectivity index (χ4v) is 2.53. The van der Waals surface area contributed by atoms with Crippen LogP contribution in [0, 0.1) is 0 Å². The Morgan fingerprint density at radius 2 is 2.27 bits per heavy atom. The van der Waals surface area contributed by atoms with Crippen molar-refractivity contribution in [3.8, 4) is 0 Å². The van der Waals surface area contributed by atoms with Gasteiger partial charge in [0.1, 0.15) is 0 Å². The molecule has 0 fully saturated rings. The molecule has 1 heterocycles. The van der Waals surface area contributed by atoms with E-state index in [1.807, 2.05) is 0 Å². The Balaban J connectivity index is 2.42. The number of hydrogen-bond donors (Lipinski definition) is 0. The zero-order chi connectivity index (χ0) is 10.8. The Kier molecular flexibility index (Phi) is 3.19. The maximum absolute atomic E-state index is 11.9. The van der Waals surface area contributed by atoms with E-state index in [0.717, 1.165) is 0 Å². The van der Waals surface area contributed by atoms with E-state index in [1.54, 1.807) is 29.8 Å². The predicted octanol–water partition coefficient (Wildman–Crippen LogP) is 3.79. The fourth-order valence-electron chi connectivity index (χ4n) is 1.15. The van der Waals surface area contributed by atoms with Crippen molar-refractivity contribution < 1.29 is 4.79 Å². The number of carbonyl (C=O) groups is 1. The van der Waals surface area contributed by atoms with Crippen LogP contribution in [0.25, 0.3) is 0 Å². The van der Waals surface area contributed by atoms with Crippen LogP contribution >= 0.6 is 39.1 Å². The van der Waals surface area contributed by atoms with Gasteiger partial charge in [0, 0.05) is 20.4 Å². The van der Waals surface area contributed by atoms with Gasteiger partial charge in [-0.1, -0.05) is 11.6 Å². The molecule has 0 atom stereocenters. The van der Waals surface area contributed by atoms with Crippen molar-refractivity contribution >= 4 is 44.8 Å². The Bertz CT molecular complexity index is 498. The first kappa shape index (κ1) is 10.8. The third-order valence-electron chi connectivity index (χ3n) is 1.87. The van der Waals surface area contributed by atoms with Crippen molar-refractivity contribution in [2.75, 3.05) is 0 Å². The number of halogens is 2. The fraction of sp³-hybridized carbons (Fsp3) is 0. The summed E-state index contributed by atoms with van der Waals surface area (Å²) in [6, 6.07) is 5.10. The third kappa shape index (κ3) is 2.27. The van der Waals surface area contributed by atoms with E-state index in [2.05, 4.69) is 20.3 Å². The van der Waals surface area contributed by atoms with Crippen molar-refractivity contribution in [1.82, 2.24) is 4.37 Å². The molecule has 5 heteroatoms. The lowest BCUT2D eigenvalue weighted by Crippen LogP contribution is -2.00. The van der Waals surface area contributed by atoms with E-state index < -0.39 is 0 Å². The highest BCUT2D eigenvalue weighted by Gasteiger charge is 2.13. The van der Waals surface area contributed by atoms with Gasteiger partial charge in [-0.2, -0.15) is 0 Å². The summed E-state index contributed by atoms with van der Waals surface area (Å²) < 4.78 is 4.60. The van der Waals surface area contributed by atoms with Crippen molar-refractivity contribution in [3.63, 3.8) is 0 Å². The lowest BCUT2D eigenvalue weighted by molar-refractivity contribution is 0.103. The van der Waals surface area contributed by atoms with E-state index in [-0.39, 0.29) is 5.78 Å². The van der Waals surface area contributed by atoms with E-state index in [4.69, 9.17) is 11.6 Å². The molecule has 1 aromatic heterocycles. The SMILES string of the molecule is O=C(c1cnsc1)c1ccc(Cl)cc1Br. The molecule has 2 aromatic rings. The van der Waals surface area contributed by atoms with Crippen molar-refractivity contribution in [2.45, 2.75) is 0 Å². The lowest BCUT2D eigenvalue weighted by Gasteiger charge is -2.01. The maximum Gasteiger partial charge on any atom is 0.196 e. The first-order chi connectivity index (χ1) is 7.18. The minimum absolute atomic E-state index is 0.0488. The maximum atomic E-state index is 11.9. The van der Waals surface area contributed by atoms with Crippen molar-refractivity contribution in [1.29, 1.82) is 0 Å². The molecule has 0 aliphatic carbocycles. The standard InChI is InChI=1S/C10H5BrClNOS/c11-9-3-7(12)1-2-8(9)10(14)6-4-13-15-5-6/h1-5H. The van der Waals surface area contributed by atoms with E-state index in [0.29, 0.717) is 20.6 Å². The Hall–Kier alpha value is -0.710. The van der Waals surface area contributed by atoms with Gasteiger partial charge in [0.15, 0.2) is 5.78 Å². The normalized spacial score (nSPS) is 10.3. The molecule has 0 spiro atoms. The van der Waals surface area contributed by atoms with Gasteiger partial charge in [-0.3, -0.25) is 4.79 Å². The molecule has 0 aliphatic rings. The van der Waals surface area contributed by atoms with Gasteiger partial charge < -0.3 is 0 Å². The van der Waals surface area contributed by atoms with Crippen LogP contribution in [0.15, 0.2) is 34.2 Å². The summed E-state index contributed by atoms with van der Waals surface area (Å²) in [5.74, 6) is -0.0488. The lowest BCUT2D eigenvalue weighted by atomic mass is 10.1. The smallest absolute Gasteiger partial charge is 0.196 e. The average Bonchev–Trinajstić information content (AvgIpc) is 2.69. The van der Waals surface area contributed by atoms with Gasteiger partial charge in [-0.05, 0) is 45.7 Å². The number of carbonyl (C=O) groups excluding carboxylic acids is 1. The number of hydrogen-bond acceptors (Lipinski definition) is 3. The minimum atomic E-state index is -0.0488. The molecule has 0 saturated carbocycles.